The van der Waals surface area contributed by atoms with Crippen LogP contribution in [-0.4, -0.2) is 53.3 Å². The molecule has 5 rings (SSSR count). The molecule has 170 valence electrons. The average Bonchev–Trinajstić information content (AvgIpc) is 3.41. The van der Waals surface area contributed by atoms with Crippen molar-refractivity contribution in [2.24, 2.45) is 5.92 Å². The molecule has 0 atom stereocenters. The highest BCUT2D eigenvalue weighted by atomic mass is 19.1. The molecular formula is C23H30FN7O. The van der Waals surface area contributed by atoms with E-state index in [1.54, 1.807) is 12.1 Å². The number of hydrogen-bond acceptors (Lipinski definition) is 8. The summed E-state index contributed by atoms with van der Waals surface area (Å²) in [6.45, 7) is 3.47. The molecule has 1 saturated carbocycles. The molecule has 0 amide bonds. The predicted molar refractivity (Wildman–Crippen MR) is 123 cm³/mol. The van der Waals surface area contributed by atoms with Crippen LogP contribution in [0.25, 0.3) is 0 Å². The van der Waals surface area contributed by atoms with E-state index in [0.29, 0.717) is 29.5 Å². The van der Waals surface area contributed by atoms with Crippen LogP contribution in [0, 0.1) is 11.7 Å². The molecule has 0 radical (unpaired) electrons. The van der Waals surface area contributed by atoms with E-state index in [0.717, 1.165) is 32.7 Å². The second-order valence-electron chi connectivity index (χ2n) is 8.73. The SMILES string of the molecule is COc1ccc(Nc2nc(NCC3CCCCC3)nc(N3CC4=CCCN4C3)n2)cc1F. The monoisotopic (exact) mass is 439 g/mol. The van der Waals surface area contributed by atoms with Crippen LogP contribution in [0.15, 0.2) is 30.0 Å². The lowest BCUT2D eigenvalue weighted by atomic mass is 9.89. The largest absolute Gasteiger partial charge is 0.494 e. The Morgan fingerprint density at radius 3 is 2.72 bits per heavy atom. The first-order valence-electron chi connectivity index (χ1n) is 11.5. The minimum Gasteiger partial charge on any atom is -0.494 e. The van der Waals surface area contributed by atoms with Crippen molar-refractivity contribution in [3.05, 3.63) is 35.8 Å². The fourth-order valence-corrected chi connectivity index (χ4v) is 4.71. The third kappa shape index (κ3) is 4.56. The number of anilines is 4. The molecule has 2 N–H and O–H groups in total. The molecule has 8 nitrogen and oxygen atoms in total. The zero-order valence-corrected chi connectivity index (χ0v) is 18.5. The van der Waals surface area contributed by atoms with E-state index in [-0.39, 0.29) is 5.75 Å². The number of ether oxygens (including phenoxy) is 1. The maximum absolute atomic E-state index is 14.2. The summed E-state index contributed by atoms with van der Waals surface area (Å²) in [5, 5.41) is 6.57. The highest BCUT2D eigenvalue weighted by molar-refractivity contribution is 5.57. The Kier molecular flexibility index (Phi) is 5.96. The molecule has 2 aromatic rings. The third-order valence-electron chi connectivity index (χ3n) is 6.47. The Hall–Kier alpha value is -3.10. The van der Waals surface area contributed by atoms with Gasteiger partial charge in [-0.1, -0.05) is 25.3 Å². The molecular weight excluding hydrogens is 409 g/mol. The van der Waals surface area contributed by atoms with Gasteiger partial charge in [0.25, 0.3) is 0 Å². The Morgan fingerprint density at radius 2 is 1.94 bits per heavy atom. The van der Waals surface area contributed by atoms with Crippen LogP contribution in [0.4, 0.5) is 27.9 Å². The van der Waals surface area contributed by atoms with E-state index in [4.69, 9.17) is 9.72 Å². The van der Waals surface area contributed by atoms with Crippen LogP contribution in [0.5, 0.6) is 5.75 Å². The van der Waals surface area contributed by atoms with Gasteiger partial charge >= 0.3 is 0 Å². The van der Waals surface area contributed by atoms with Crippen molar-refractivity contribution in [2.45, 2.75) is 38.5 Å². The van der Waals surface area contributed by atoms with Crippen LogP contribution in [0.3, 0.4) is 0 Å². The summed E-state index contributed by atoms with van der Waals surface area (Å²) in [7, 11) is 1.45. The molecule has 3 heterocycles. The molecule has 9 heteroatoms. The van der Waals surface area contributed by atoms with Gasteiger partial charge < -0.3 is 25.2 Å². The zero-order chi connectivity index (χ0) is 21.9. The smallest absolute Gasteiger partial charge is 0.233 e. The fraction of sp³-hybridized carbons (Fsp3) is 0.522. The Bertz CT molecular complexity index is 992. The maximum atomic E-state index is 14.2. The van der Waals surface area contributed by atoms with Gasteiger partial charge in [-0.15, -0.1) is 0 Å². The minimum atomic E-state index is -0.436. The second kappa shape index (κ2) is 9.18. The number of hydrogen-bond donors (Lipinski definition) is 2. The highest BCUT2D eigenvalue weighted by Gasteiger charge is 2.29. The van der Waals surface area contributed by atoms with Gasteiger partial charge in [0.2, 0.25) is 17.8 Å². The molecule has 1 aromatic heterocycles. The van der Waals surface area contributed by atoms with Gasteiger partial charge in [-0.05, 0) is 37.3 Å². The quantitative estimate of drug-likeness (QED) is 0.667. The minimum absolute atomic E-state index is 0.202. The molecule has 3 aliphatic rings. The average molecular weight is 440 g/mol. The topological polar surface area (TPSA) is 78.4 Å². The summed E-state index contributed by atoms with van der Waals surface area (Å²) in [5.74, 6) is 1.99. The molecule has 32 heavy (non-hydrogen) atoms. The summed E-state index contributed by atoms with van der Waals surface area (Å²) in [6.07, 6.45) is 9.80. The summed E-state index contributed by atoms with van der Waals surface area (Å²) in [4.78, 5) is 18.4. The maximum Gasteiger partial charge on any atom is 0.233 e. The van der Waals surface area contributed by atoms with Crippen molar-refractivity contribution >= 4 is 23.5 Å². The number of nitrogens with zero attached hydrogens (tertiary/aromatic N) is 5. The van der Waals surface area contributed by atoms with Gasteiger partial charge in [0.05, 0.1) is 20.3 Å². The lowest BCUT2D eigenvalue weighted by Crippen LogP contribution is -2.27. The number of nitrogens with one attached hydrogen (secondary N) is 2. The highest BCUT2D eigenvalue weighted by Crippen LogP contribution is 2.29. The third-order valence-corrected chi connectivity index (χ3v) is 6.47. The van der Waals surface area contributed by atoms with Gasteiger partial charge in [0.1, 0.15) is 0 Å². The van der Waals surface area contributed by atoms with Crippen molar-refractivity contribution in [3.8, 4) is 5.75 Å². The standard InChI is InChI=1S/C23H30FN7O/c1-32-20-10-9-17(12-19(20)24)26-22-27-21(25-13-16-6-3-2-4-7-16)28-23(29-22)31-14-18-8-5-11-30(18)15-31/h8-10,12,16H,2-7,11,13-15H2,1H3,(H2,25,26,27,28,29). The number of aromatic nitrogens is 3. The summed E-state index contributed by atoms with van der Waals surface area (Å²) in [6, 6.07) is 4.72. The van der Waals surface area contributed by atoms with Crippen molar-refractivity contribution in [2.75, 3.05) is 48.9 Å². The molecule has 0 spiro atoms. The van der Waals surface area contributed by atoms with Crippen LogP contribution in [0.1, 0.15) is 38.5 Å². The van der Waals surface area contributed by atoms with E-state index in [9.17, 15) is 4.39 Å². The molecule has 1 aliphatic carbocycles. The lowest BCUT2D eigenvalue weighted by Gasteiger charge is -2.22. The van der Waals surface area contributed by atoms with Gasteiger partial charge in [-0.2, -0.15) is 15.0 Å². The van der Waals surface area contributed by atoms with Crippen LogP contribution in [0.2, 0.25) is 0 Å². The van der Waals surface area contributed by atoms with Gasteiger partial charge in [0.15, 0.2) is 11.6 Å². The van der Waals surface area contributed by atoms with E-state index < -0.39 is 5.82 Å². The first kappa shape index (κ1) is 20.8. The number of fused-ring (bicyclic) bond motifs is 1. The van der Waals surface area contributed by atoms with Crippen molar-refractivity contribution in [3.63, 3.8) is 0 Å². The predicted octanol–water partition coefficient (Wildman–Crippen LogP) is 4.12. The van der Waals surface area contributed by atoms with Crippen LogP contribution < -0.4 is 20.3 Å². The summed E-state index contributed by atoms with van der Waals surface area (Å²) in [5.41, 5.74) is 1.89. The van der Waals surface area contributed by atoms with Gasteiger partial charge in [0, 0.05) is 30.5 Å². The van der Waals surface area contributed by atoms with E-state index in [2.05, 4.69) is 36.5 Å². The number of halogens is 1. The van der Waals surface area contributed by atoms with Crippen molar-refractivity contribution in [1.82, 2.24) is 19.9 Å². The first-order chi connectivity index (χ1) is 15.7. The van der Waals surface area contributed by atoms with Crippen LogP contribution in [-0.2, 0) is 0 Å². The van der Waals surface area contributed by atoms with E-state index in [1.807, 2.05) is 0 Å². The number of methoxy groups -OCH3 is 1. The van der Waals surface area contributed by atoms with E-state index in [1.165, 1.54) is 51.0 Å². The van der Waals surface area contributed by atoms with Crippen LogP contribution >= 0.6 is 0 Å². The fourth-order valence-electron chi connectivity index (χ4n) is 4.71. The molecule has 1 aromatic carbocycles. The zero-order valence-electron chi connectivity index (χ0n) is 18.5. The molecule has 2 fully saturated rings. The Labute approximate surface area is 187 Å². The Balaban J connectivity index is 1.37. The summed E-state index contributed by atoms with van der Waals surface area (Å²) < 4.78 is 19.2. The van der Waals surface area contributed by atoms with Crippen molar-refractivity contribution < 1.29 is 9.13 Å². The summed E-state index contributed by atoms with van der Waals surface area (Å²) >= 11 is 0. The lowest BCUT2D eigenvalue weighted by molar-refractivity contribution is 0.373. The van der Waals surface area contributed by atoms with Gasteiger partial charge in [-0.3, -0.25) is 0 Å². The van der Waals surface area contributed by atoms with Crippen molar-refractivity contribution in [1.29, 1.82) is 0 Å². The first-order valence-corrected chi connectivity index (χ1v) is 11.5. The molecule has 0 bridgehead atoms. The second-order valence-corrected chi connectivity index (χ2v) is 8.73. The van der Waals surface area contributed by atoms with E-state index >= 15 is 0 Å². The molecule has 1 saturated heterocycles. The molecule has 0 unspecified atom stereocenters. The number of rotatable bonds is 7. The Morgan fingerprint density at radius 1 is 1.09 bits per heavy atom. The molecule has 2 aliphatic heterocycles. The van der Waals surface area contributed by atoms with Gasteiger partial charge in [-0.25, -0.2) is 4.39 Å². The normalized spacial score (nSPS) is 18.5. The number of benzene rings is 1.